The van der Waals surface area contributed by atoms with E-state index in [0.29, 0.717) is 0 Å². The number of alkyl halides is 3. The first kappa shape index (κ1) is 14.9. The Bertz CT molecular complexity index is 665. The summed E-state index contributed by atoms with van der Waals surface area (Å²) in [6.45, 7) is 1.74. The van der Waals surface area contributed by atoms with E-state index in [4.69, 9.17) is 10.5 Å². The second kappa shape index (κ2) is 5.47. The van der Waals surface area contributed by atoms with Crippen LogP contribution >= 0.6 is 0 Å². The number of hydrogen-bond donors (Lipinski definition) is 1. The number of anilines is 1. The standard InChI is InChI=1S/C13H12F3N3O2/c1-2-21-12(20)8-7-19(18-11(8)17)10-6-4-3-5-9(10)13(14,15)16/h3-7H,2H2,1H3,(H2,17,18). The number of halogens is 3. The molecule has 0 unspecified atom stereocenters. The van der Waals surface area contributed by atoms with Crippen LogP contribution in [-0.4, -0.2) is 22.4 Å². The monoisotopic (exact) mass is 299 g/mol. The van der Waals surface area contributed by atoms with Crippen LogP contribution in [0.2, 0.25) is 0 Å². The largest absolute Gasteiger partial charge is 0.462 e. The highest BCUT2D eigenvalue weighted by atomic mass is 19.4. The summed E-state index contributed by atoms with van der Waals surface area (Å²) in [5.41, 5.74) is 4.39. The smallest absolute Gasteiger partial charge is 0.418 e. The van der Waals surface area contributed by atoms with E-state index in [1.165, 1.54) is 18.2 Å². The summed E-state index contributed by atoms with van der Waals surface area (Å²) in [7, 11) is 0. The summed E-state index contributed by atoms with van der Waals surface area (Å²) in [6.07, 6.45) is -3.42. The van der Waals surface area contributed by atoms with Crippen molar-refractivity contribution in [3.8, 4) is 5.69 Å². The molecule has 0 bridgehead atoms. The molecule has 1 heterocycles. The fraction of sp³-hybridized carbons (Fsp3) is 0.231. The minimum atomic E-state index is -4.54. The maximum atomic E-state index is 13.0. The Morgan fingerprint density at radius 2 is 2.05 bits per heavy atom. The van der Waals surface area contributed by atoms with E-state index in [9.17, 15) is 18.0 Å². The number of rotatable bonds is 3. The summed E-state index contributed by atoms with van der Waals surface area (Å²) in [5, 5.41) is 3.75. The van der Waals surface area contributed by atoms with Crippen LogP contribution in [-0.2, 0) is 10.9 Å². The van der Waals surface area contributed by atoms with Gasteiger partial charge in [-0.1, -0.05) is 12.1 Å². The van der Waals surface area contributed by atoms with Gasteiger partial charge in [0.2, 0.25) is 0 Å². The van der Waals surface area contributed by atoms with Crippen LogP contribution in [0.3, 0.4) is 0 Å². The van der Waals surface area contributed by atoms with E-state index in [-0.39, 0.29) is 23.7 Å². The quantitative estimate of drug-likeness (QED) is 0.885. The molecular formula is C13H12F3N3O2. The minimum absolute atomic E-state index is 0.0752. The Labute approximate surface area is 118 Å². The van der Waals surface area contributed by atoms with Gasteiger partial charge in [0.05, 0.1) is 17.9 Å². The molecule has 0 fully saturated rings. The van der Waals surface area contributed by atoms with Crippen molar-refractivity contribution < 1.29 is 22.7 Å². The van der Waals surface area contributed by atoms with E-state index in [1.807, 2.05) is 0 Å². The van der Waals surface area contributed by atoms with E-state index < -0.39 is 17.7 Å². The highest BCUT2D eigenvalue weighted by Gasteiger charge is 2.34. The number of nitrogens with zero attached hydrogens (tertiary/aromatic N) is 2. The van der Waals surface area contributed by atoms with Crippen molar-refractivity contribution in [1.29, 1.82) is 0 Å². The van der Waals surface area contributed by atoms with Gasteiger partial charge in [0.1, 0.15) is 5.56 Å². The molecule has 0 saturated heterocycles. The van der Waals surface area contributed by atoms with Gasteiger partial charge in [-0.2, -0.15) is 13.2 Å². The van der Waals surface area contributed by atoms with Gasteiger partial charge in [-0.25, -0.2) is 9.48 Å². The van der Waals surface area contributed by atoms with Crippen molar-refractivity contribution in [3.05, 3.63) is 41.6 Å². The molecule has 0 amide bonds. The minimum Gasteiger partial charge on any atom is -0.462 e. The summed E-state index contributed by atoms with van der Waals surface area (Å²) >= 11 is 0. The molecule has 8 heteroatoms. The van der Waals surface area contributed by atoms with Crippen LogP contribution in [0.5, 0.6) is 0 Å². The van der Waals surface area contributed by atoms with Gasteiger partial charge in [0, 0.05) is 6.20 Å². The SMILES string of the molecule is CCOC(=O)c1cn(-c2ccccc2C(F)(F)F)nc1N. The van der Waals surface area contributed by atoms with Crippen LogP contribution in [0, 0.1) is 0 Å². The van der Waals surface area contributed by atoms with Crippen LogP contribution < -0.4 is 5.73 Å². The maximum Gasteiger partial charge on any atom is 0.418 e. The predicted octanol–water partition coefficient (Wildman–Crippen LogP) is 2.65. The molecule has 112 valence electrons. The third-order valence-electron chi connectivity index (χ3n) is 2.69. The lowest BCUT2D eigenvalue weighted by atomic mass is 10.1. The van der Waals surface area contributed by atoms with E-state index in [1.54, 1.807) is 6.92 Å². The van der Waals surface area contributed by atoms with Crippen molar-refractivity contribution in [3.63, 3.8) is 0 Å². The zero-order valence-electron chi connectivity index (χ0n) is 11.0. The molecule has 0 spiro atoms. The Morgan fingerprint density at radius 3 is 2.67 bits per heavy atom. The lowest BCUT2D eigenvalue weighted by molar-refractivity contribution is -0.137. The fourth-order valence-corrected chi connectivity index (χ4v) is 1.79. The van der Waals surface area contributed by atoms with E-state index in [0.717, 1.165) is 16.9 Å². The first-order valence-corrected chi connectivity index (χ1v) is 6.03. The Morgan fingerprint density at radius 1 is 1.38 bits per heavy atom. The molecule has 2 N–H and O–H groups in total. The van der Waals surface area contributed by atoms with Crippen molar-refractivity contribution in [2.75, 3.05) is 12.3 Å². The zero-order chi connectivity index (χ0) is 15.6. The molecule has 2 aromatic rings. The molecule has 0 aliphatic carbocycles. The Balaban J connectivity index is 2.50. The zero-order valence-corrected chi connectivity index (χ0v) is 11.0. The second-order valence-corrected chi connectivity index (χ2v) is 4.11. The third-order valence-corrected chi connectivity index (χ3v) is 2.69. The van der Waals surface area contributed by atoms with Gasteiger partial charge in [-0.3, -0.25) is 0 Å². The van der Waals surface area contributed by atoms with Crippen LogP contribution in [0.25, 0.3) is 5.69 Å². The average molecular weight is 299 g/mol. The second-order valence-electron chi connectivity index (χ2n) is 4.11. The summed E-state index contributed by atoms with van der Waals surface area (Å²) in [4.78, 5) is 11.6. The number of aromatic nitrogens is 2. The number of ether oxygens (including phenoxy) is 1. The Hall–Kier alpha value is -2.51. The van der Waals surface area contributed by atoms with E-state index >= 15 is 0 Å². The molecule has 2 rings (SSSR count). The number of nitrogen functional groups attached to an aromatic ring is 1. The van der Waals surface area contributed by atoms with Crippen molar-refractivity contribution in [1.82, 2.24) is 9.78 Å². The average Bonchev–Trinajstić information content (AvgIpc) is 2.80. The molecule has 5 nitrogen and oxygen atoms in total. The molecule has 0 aliphatic heterocycles. The number of benzene rings is 1. The van der Waals surface area contributed by atoms with Crippen molar-refractivity contribution in [2.45, 2.75) is 13.1 Å². The fourth-order valence-electron chi connectivity index (χ4n) is 1.79. The topological polar surface area (TPSA) is 70.1 Å². The van der Waals surface area contributed by atoms with Crippen LogP contribution in [0.4, 0.5) is 19.0 Å². The Kier molecular flexibility index (Phi) is 3.88. The van der Waals surface area contributed by atoms with Crippen LogP contribution in [0.1, 0.15) is 22.8 Å². The summed E-state index contributed by atoms with van der Waals surface area (Å²) in [6, 6.07) is 4.87. The highest BCUT2D eigenvalue weighted by Crippen LogP contribution is 2.33. The summed E-state index contributed by atoms with van der Waals surface area (Å²) < 4.78 is 44.6. The van der Waals surface area contributed by atoms with Gasteiger partial charge in [0.25, 0.3) is 0 Å². The number of para-hydroxylation sites is 1. The number of nitrogens with two attached hydrogens (primary N) is 1. The van der Waals surface area contributed by atoms with Gasteiger partial charge in [0.15, 0.2) is 5.82 Å². The molecule has 0 radical (unpaired) electrons. The summed E-state index contributed by atoms with van der Waals surface area (Å²) in [5.74, 6) is -0.920. The molecule has 1 aromatic heterocycles. The van der Waals surface area contributed by atoms with Crippen molar-refractivity contribution in [2.24, 2.45) is 0 Å². The highest BCUT2D eigenvalue weighted by molar-refractivity contribution is 5.94. The number of carbonyl (C=O) groups is 1. The van der Waals surface area contributed by atoms with Crippen LogP contribution in [0.15, 0.2) is 30.5 Å². The lowest BCUT2D eigenvalue weighted by Gasteiger charge is -2.12. The number of carbonyl (C=O) groups excluding carboxylic acids is 1. The molecule has 21 heavy (non-hydrogen) atoms. The molecular weight excluding hydrogens is 287 g/mol. The third kappa shape index (κ3) is 2.99. The first-order valence-electron chi connectivity index (χ1n) is 6.03. The predicted molar refractivity (Wildman–Crippen MR) is 68.9 cm³/mol. The van der Waals surface area contributed by atoms with Gasteiger partial charge in [-0.15, -0.1) is 5.10 Å². The molecule has 0 saturated carbocycles. The number of esters is 1. The van der Waals surface area contributed by atoms with Gasteiger partial charge < -0.3 is 10.5 Å². The number of hydrogen-bond acceptors (Lipinski definition) is 4. The molecule has 1 aromatic carbocycles. The van der Waals surface area contributed by atoms with E-state index in [2.05, 4.69) is 5.10 Å². The van der Waals surface area contributed by atoms with Gasteiger partial charge in [-0.05, 0) is 19.1 Å². The molecule has 0 atom stereocenters. The maximum absolute atomic E-state index is 13.0. The molecule has 0 aliphatic rings. The van der Waals surface area contributed by atoms with Crippen molar-refractivity contribution >= 4 is 11.8 Å². The lowest BCUT2D eigenvalue weighted by Crippen LogP contribution is -2.11. The van der Waals surface area contributed by atoms with Gasteiger partial charge >= 0.3 is 12.1 Å². The first-order chi connectivity index (χ1) is 9.84. The normalized spacial score (nSPS) is 11.4.